The highest BCUT2D eigenvalue weighted by atomic mass is 127. The molecule has 134 valence electrons. The summed E-state index contributed by atoms with van der Waals surface area (Å²) < 4.78 is 2.05. The third-order valence-corrected chi connectivity index (χ3v) is 4.61. The molecule has 3 heterocycles. The van der Waals surface area contributed by atoms with Crippen LogP contribution in [-0.4, -0.2) is 28.4 Å². The molecule has 0 aliphatic rings. The van der Waals surface area contributed by atoms with Crippen LogP contribution in [0, 0.1) is 6.92 Å². The third kappa shape index (κ3) is 5.71. The Hall–Kier alpha value is -1.61. The summed E-state index contributed by atoms with van der Waals surface area (Å²) >= 11 is 1.80. The average Bonchev–Trinajstić information content (AvgIpc) is 3.18. The first kappa shape index (κ1) is 19.7. The first-order valence-electron chi connectivity index (χ1n) is 8.24. The molecule has 0 atom stereocenters. The third-order valence-electron chi connectivity index (χ3n) is 3.62. The number of halogens is 1. The minimum atomic E-state index is 0. The van der Waals surface area contributed by atoms with Crippen LogP contribution in [0.25, 0.3) is 5.65 Å². The summed E-state index contributed by atoms with van der Waals surface area (Å²) in [5, 5.41) is 6.68. The number of nitrogens with one attached hydrogen (secondary N) is 2. The molecule has 0 aromatic carbocycles. The quantitative estimate of drug-likeness (QED) is 0.330. The van der Waals surface area contributed by atoms with Crippen molar-refractivity contribution in [3.63, 3.8) is 0 Å². The molecule has 7 heteroatoms. The van der Waals surface area contributed by atoms with Crippen molar-refractivity contribution in [1.29, 1.82) is 0 Å². The second-order valence-electron chi connectivity index (χ2n) is 5.58. The fourth-order valence-electron chi connectivity index (χ4n) is 2.49. The van der Waals surface area contributed by atoms with E-state index < -0.39 is 0 Å². The summed E-state index contributed by atoms with van der Waals surface area (Å²) in [6, 6.07) is 10.3. The van der Waals surface area contributed by atoms with Gasteiger partial charge in [0.25, 0.3) is 0 Å². The molecule has 0 saturated heterocycles. The van der Waals surface area contributed by atoms with E-state index in [1.54, 1.807) is 11.3 Å². The molecule has 0 saturated carbocycles. The highest BCUT2D eigenvalue weighted by Crippen LogP contribution is 2.15. The van der Waals surface area contributed by atoms with E-state index in [1.807, 2.05) is 28.8 Å². The van der Waals surface area contributed by atoms with E-state index in [-0.39, 0.29) is 24.0 Å². The second-order valence-corrected chi connectivity index (χ2v) is 6.96. The van der Waals surface area contributed by atoms with Crippen LogP contribution in [0.5, 0.6) is 0 Å². The van der Waals surface area contributed by atoms with Gasteiger partial charge >= 0.3 is 0 Å². The van der Waals surface area contributed by atoms with Crippen LogP contribution in [0.4, 0.5) is 0 Å². The molecular formula is C18H24IN5S. The maximum atomic E-state index is 4.65. The van der Waals surface area contributed by atoms with Crippen molar-refractivity contribution in [2.45, 2.75) is 26.8 Å². The standard InChI is InChI=1S/C18H23N5S.HI/c1-3-19-18(21-12-16-8-7-14(2)24-16)20-10-9-15-13-23-11-5-4-6-17(23)22-15;/h4-8,11,13H,3,9-10,12H2,1-2H3,(H2,19,20,21);1H. The van der Waals surface area contributed by atoms with Crippen LogP contribution >= 0.6 is 35.3 Å². The summed E-state index contributed by atoms with van der Waals surface area (Å²) in [5.74, 6) is 0.854. The van der Waals surface area contributed by atoms with Crippen LogP contribution in [0.3, 0.4) is 0 Å². The van der Waals surface area contributed by atoms with Crippen LogP contribution in [0.2, 0.25) is 0 Å². The number of guanidine groups is 1. The van der Waals surface area contributed by atoms with Gasteiger partial charge in [-0.2, -0.15) is 0 Å². The van der Waals surface area contributed by atoms with Gasteiger partial charge in [0.05, 0.1) is 12.2 Å². The van der Waals surface area contributed by atoms with Gasteiger partial charge < -0.3 is 15.0 Å². The van der Waals surface area contributed by atoms with Gasteiger partial charge in [-0.3, -0.25) is 0 Å². The Labute approximate surface area is 169 Å². The summed E-state index contributed by atoms with van der Waals surface area (Å²) in [6.45, 7) is 6.57. The van der Waals surface area contributed by atoms with E-state index in [0.29, 0.717) is 6.54 Å². The van der Waals surface area contributed by atoms with Crippen molar-refractivity contribution in [2.24, 2.45) is 4.99 Å². The van der Waals surface area contributed by atoms with E-state index in [4.69, 9.17) is 0 Å². The monoisotopic (exact) mass is 469 g/mol. The molecule has 0 radical (unpaired) electrons. The van der Waals surface area contributed by atoms with Gasteiger partial charge in [0.15, 0.2) is 5.96 Å². The maximum Gasteiger partial charge on any atom is 0.191 e. The smallest absolute Gasteiger partial charge is 0.191 e. The zero-order valence-corrected chi connectivity index (χ0v) is 17.7. The summed E-state index contributed by atoms with van der Waals surface area (Å²) in [7, 11) is 0. The molecule has 0 bridgehead atoms. The van der Waals surface area contributed by atoms with Crippen molar-refractivity contribution in [2.75, 3.05) is 13.1 Å². The predicted molar refractivity (Wildman–Crippen MR) is 116 cm³/mol. The van der Waals surface area contributed by atoms with Gasteiger partial charge in [0.1, 0.15) is 5.65 Å². The number of fused-ring (bicyclic) bond motifs is 1. The summed E-state index contributed by atoms with van der Waals surface area (Å²) in [5.41, 5.74) is 2.07. The number of nitrogens with zero attached hydrogens (tertiary/aromatic N) is 3. The van der Waals surface area contributed by atoms with Gasteiger partial charge in [-0.1, -0.05) is 6.07 Å². The molecule has 0 aliphatic heterocycles. The Bertz CT molecular complexity index is 791. The van der Waals surface area contributed by atoms with Crippen LogP contribution in [-0.2, 0) is 13.0 Å². The number of aromatic nitrogens is 2. The van der Waals surface area contributed by atoms with E-state index in [1.165, 1.54) is 9.75 Å². The van der Waals surface area contributed by atoms with E-state index in [0.717, 1.165) is 36.8 Å². The van der Waals surface area contributed by atoms with Gasteiger partial charge in [-0.05, 0) is 38.1 Å². The fraction of sp³-hybridized carbons (Fsp3) is 0.333. The highest BCUT2D eigenvalue weighted by molar-refractivity contribution is 14.0. The topological polar surface area (TPSA) is 53.7 Å². The number of aryl methyl sites for hydroxylation is 1. The maximum absolute atomic E-state index is 4.65. The Morgan fingerprint density at radius 3 is 2.84 bits per heavy atom. The van der Waals surface area contributed by atoms with Crippen molar-refractivity contribution >= 4 is 46.9 Å². The number of thiophene rings is 1. The first-order valence-corrected chi connectivity index (χ1v) is 9.06. The lowest BCUT2D eigenvalue weighted by Crippen LogP contribution is -2.38. The molecule has 3 aromatic heterocycles. The predicted octanol–water partition coefficient (Wildman–Crippen LogP) is 3.62. The summed E-state index contributed by atoms with van der Waals surface area (Å²) in [4.78, 5) is 11.9. The summed E-state index contributed by atoms with van der Waals surface area (Å²) in [6.07, 6.45) is 4.97. The van der Waals surface area contributed by atoms with Gasteiger partial charge in [-0.15, -0.1) is 35.3 Å². The molecule has 0 amide bonds. The minimum Gasteiger partial charge on any atom is -0.357 e. The molecule has 2 N–H and O–H groups in total. The molecule has 0 aliphatic carbocycles. The lowest BCUT2D eigenvalue weighted by Gasteiger charge is -2.10. The highest BCUT2D eigenvalue weighted by Gasteiger charge is 2.03. The molecule has 0 fully saturated rings. The van der Waals surface area contributed by atoms with Crippen molar-refractivity contribution in [1.82, 2.24) is 20.0 Å². The Morgan fingerprint density at radius 1 is 1.24 bits per heavy atom. The van der Waals surface area contributed by atoms with Gasteiger partial charge in [0, 0.05) is 41.7 Å². The first-order chi connectivity index (χ1) is 11.7. The van der Waals surface area contributed by atoms with Crippen molar-refractivity contribution in [3.05, 3.63) is 58.2 Å². The molecule has 25 heavy (non-hydrogen) atoms. The SMILES string of the molecule is CCNC(=NCc1ccc(C)s1)NCCc1cn2ccccc2n1.I. The number of hydrogen-bond acceptors (Lipinski definition) is 3. The van der Waals surface area contributed by atoms with Crippen molar-refractivity contribution in [3.8, 4) is 0 Å². The molecule has 0 spiro atoms. The fourth-order valence-corrected chi connectivity index (χ4v) is 3.30. The number of pyridine rings is 1. The zero-order valence-electron chi connectivity index (χ0n) is 14.5. The Morgan fingerprint density at radius 2 is 2.12 bits per heavy atom. The Kier molecular flexibility index (Phi) is 7.70. The van der Waals surface area contributed by atoms with Crippen LogP contribution < -0.4 is 10.6 Å². The average molecular weight is 469 g/mol. The number of rotatable bonds is 6. The van der Waals surface area contributed by atoms with Crippen LogP contribution in [0.1, 0.15) is 22.4 Å². The number of hydrogen-bond donors (Lipinski definition) is 2. The minimum absolute atomic E-state index is 0. The van der Waals surface area contributed by atoms with Crippen LogP contribution in [0.15, 0.2) is 47.7 Å². The number of aliphatic imine (C=N–C) groups is 1. The molecule has 3 aromatic rings. The lowest BCUT2D eigenvalue weighted by molar-refractivity contribution is 0.792. The van der Waals surface area contributed by atoms with Crippen molar-refractivity contribution < 1.29 is 0 Å². The zero-order chi connectivity index (χ0) is 16.8. The molecular weight excluding hydrogens is 445 g/mol. The van der Waals surface area contributed by atoms with Gasteiger partial charge in [-0.25, -0.2) is 9.98 Å². The lowest BCUT2D eigenvalue weighted by atomic mass is 10.3. The van der Waals surface area contributed by atoms with E-state index in [9.17, 15) is 0 Å². The van der Waals surface area contributed by atoms with E-state index >= 15 is 0 Å². The molecule has 3 rings (SSSR count). The largest absolute Gasteiger partial charge is 0.357 e. The normalized spacial score (nSPS) is 11.4. The van der Waals surface area contributed by atoms with E-state index in [2.05, 4.69) is 52.8 Å². The number of imidazole rings is 1. The second kappa shape index (κ2) is 9.76. The Balaban J connectivity index is 0.00000225. The molecule has 0 unspecified atom stereocenters. The molecule has 5 nitrogen and oxygen atoms in total. The van der Waals surface area contributed by atoms with Gasteiger partial charge in [0.2, 0.25) is 0 Å².